The molecule has 0 N–H and O–H groups in total. The van der Waals surface area contributed by atoms with Gasteiger partial charge in [-0.2, -0.15) is 0 Å². The third kappa shape index (κ3) is 4.00. The summed E-state index contributed by atoms with van der Waals surface area (Å²) in [7, 11) is 0. The van der Waals surface area contributed by atoms with E-state index in [1.54, 1.807) is 11.3 Å². The molecule has 0 spiro atoms. The molecule has 2 aliphatic rings. The lowest BCUT2D eigenvalue weighted by Gasteiger charge is -2.34. The molecule has 1 saturated carbocycles. The van der Waals surface area contributed by atoms with Crippen LogP contribution in [0.4, 0.5) is 0 Å². The number of piperidine rings is 1. The lowest BCUT2D eigenvalue weighted by Crippen LogP contribution is -2.42. The van der Waals surface area contributed by atoms with Crippen LogP contribution in [-0.2, 0) is 11.3 Å². The molecule has 5 nitrogen and oxygen atoms in total. The maximum absolute atomic E-state index is 13.1. The molecule has 1 aliphatic heterocycles. The van der Waals surface area contributed by atoms with E-state index in [1.165, 1.54) is 25.7 Å². The normalized spacial score (nSPS) is 22.3. The molecule has 2 fully saturated rings. The van der Waals surface area contributed by atoms with Crippen LogP contribution in [0.5, 0.6) is 0 Å². The number of hydrogen-bond donors (Lipinski definition) is 0. The van der Waals surface area contributed by atoms with Crippen LogP contribution in [0.1, 0.15) is 68.8 Å². The first kappa shape index (κ1) is 17.7. The van der Waals surface area contributed by atoms with Crippen LogP contribution < -0.4 is 0 Å². The number of thiazole rings is 1. The zero-order chi connectivity index (χ0) is 17.8. The predicted molar refractivity (Wildman–Crippen MR) is 103 cm³/mol. The Bertz CT molecular complexity index is 703. The van der Waals surface area contributed by atoms with E-state index in [0.29, 0.717) is 11.8 Å². The molecule has 1 amide bonds. The topological polar surface area (TPSA) is 51.0 Å². The Hall–Kier alpha value is -1.69. The molecule has 140 valence electrons. The minimum absolute atomic E-state index is 0.256. The summed E-state index contributed by atoms with van der Waals surface area (Å²) in [4.78, 5) is 24.2. The molecule has 1 saturated heterocycles. The van der Waals surface area contributed by atoms with E-state index in [4.69, 9.17) is 0 Å². The number of rotatable bonds is 4. The van der Waals surface area contributed by atoms with Crippen LogP contribution in [0, 0.1) is 5.92 Å². The van der Waals surface area contributed by atoms with Crippen LogP contribution in [-0.4, -0.2) is 38.4 Å². The fourth-order valence-corrected chi connectivity index (χ4v) is 5.03. The van der Waals surface area contributed by atoms with Gasteiger partial charge in [-0.15, -0.1) is 11.3 Å². The van der Waals surface area contributed by atoms with E-state index < -0.39 is 0 Å². The van der Waals surface area contributed by atoms with Crippen molar-refractivity contribution in [1.82, 2.24) is 19.4 Å². The van der Waals surface area contributed by atoms with Gasteiger partial charge in [0.05, 0.1) is 17.7 Å². The van der Waals surface area contributed by atoms with Crippen molar-refractivity contribution in [3.63, 3.8) is 0 Å². The molecule has 26 heavy (non-hydrogen) atoms. The number of likely N-dealkylation sites (tertiary alicyclic amines) is 1. The summed E-state index contributed by atoms with van der Waals surface area (Å²) in [5, 5.41) is 2.09. The molecule has 0 radical (unpaired) electrons. The highest BCUT2D eigenvalue weighted by molar-refractivity contribution is 7.07. The van der Waals surface area contributed by atoms with Crippen molar-refractivity contribution in [2.24, 2.45) is 5.92 Å². The van der Waals surface area contributed by atoms with E-state index in [0.717, 1.165) is 56.8 Å². The number of hydrogen-bond acceptors (Lipinski definition) is 4. The molecule has 4 rings (SSSR count). The maximum atomic E-state index is 13.1. The Morgan fingerprint density at radius 3 is 2.73 bits per heavy atom. The molecule has 1 atom stereocenters. The second-order valence-electron chi connectivity index (χ2n) is 7.71. The van der Waals surface area contributed by atoms with Crippen LogP contribution in [0.25, 0.3) is 0 Å². The molecule has 0 bridgehead atoms. The van der Waals surface area contributed by atoms with Gasteiger partial charge < -0.3 is 9.47 Å². The minimum atomic E-state index is 0.256. The Balaban J connectivity index is 1.44. The Morgan fingerprint density at radius 2 is 1.96 bits per heavy atom. The monoisotopic (exact) mass is 372 g/mol. The van der Waals surface area contributed by atoms with E-state index in [9.17, 15) is 4.79 Å². The summed E-state index contributed by atoms with van der Waals surface area (Å²) in [6.07, 6.45) is 13.3. The van der Waals surface area contributed by atoms with Gasteiger partial charge in [0, 0.05) is 42.7 Å². The predicted octanol–water partition coefficient (Wildman–Crippen LogP) is 4.06. The Labute approximate surface area is 159 Å². The summed E-state index contributed by atoms with van der Waals surface area (Å²) in [5.41, 5.74) is 2.95. The zero-order valence-electron chi connectivity index (χ0n) is 15.3. The average Bonchev–Trinajstić information content (AvgIpc) is 3.28. The first-order valence-corrected chi connectivity index (χ1v) is 10.9. The van der Waals surface area contributed by atoms with Crippen molar-refractivity contribution in [2.75, 3.05) is 13.1 Å². The molecular weight excluding hydrogens is 344 g/mol. The summed E-state index contributed by atoms with van der Waals surface area (Å²) in [6.45, 7) is 2.51. The second kappa shape index (κ2) is 8.33. The molecule has 6 heteroatoms. The van der Waals surface area contributed by atoms with Crippen LogP contribution in [0.3, 0.4) is 0 Å². The van der Waals surface area contributed by atoms with E-state index in [1.807, 2.05) is 17.9 Å². The quantitative estimate of drug-likeness (QED) is 0.761. The number of nitrogens with zero attached hydrogens (tertiary/aromatic N) is 4. The molecule has 0 unspecified atom stereocenters. The van der Waals surface area contributed by atoms with Crippen LogP contribution in [0.2, 0.25) is 0 Å². The van der Waals surface area contributed by atoms with Crippen molar-refractivity contribution in [3.8, 4) is 0 Å². The van der Waals surface area contributed by atoms with Crippen molar-refractivity contribution in [2.45, 2.75) is 63.8 Å². The third-order valence-electron chi connectivity index (χ3n) is 5.87. The molecule has 1 aliphatic carbocycles. The van der Waals surface area contributed by atoms with Gasteiger partial charge in [-0.25, -0.2) is 9.97 Å². The summed E-state index contributed by atoms with van der Waals surface area (Å²) in [5.74, 6) is 2.10. The van der Waals surface area contributed by atoms with Gasteiger partial charge in [-0.05, 0) is 25.7 Å². The van der Waals surface area contributed by atoms with E-state index in [-0.39, 0.29) is 5.92 Å². The van der Waals surface area contributed by atoms with Gasteiger partial charge in [-0.1, -0.05) is 25.7 Å². The van der Waals surface area contributed by atoms with Crippen molar-refractivity contribution < 1.29 is 4.79 Å². The summed E-state index contributed by atoms with van der Waals surface area (Å²) < 4.78 is 2.21. The van der Waals surface area contributed by atoms with Crippen molar-refractivity contribution in [1.29, 1.82) is 0 Å². The van der Waals surface area contributed by atoms with Gasteiger partial charge >= 0.3 is 0 Å². The lowest BCUT2D eigenvalue weighted by molar-refractivity contribution is -0.137. The number of imidazole rings is 1. The highest BCUT2D eigenvalue weighted by Crippen LogP contribution is 2.30. The third-order valence-corrected chi connectivity index (χ3v) is 6.50. The number of carbonyl (C=O) groups is 1. The van der Waals surface area contributed by atoms with Crippen molar-refractivity contribution >= 4 is 17.2 Å². The average molecular weight is 373 g/mol. The van der Waals surface area contributed by atoms with E-state index in [2.05, 4.69) is 24.8 Å². The fraction of sp³-hybridized carbons (Fsp3) is 0.650. The molecule has 0 aromatic carbocycles. The van der Waals surface area contributed by atoms with Gasteiger partial charge in [0.15, 0.2) is 0 Å². The zero-order valence-corrected chi connectivity index (χ0v) is 16.2. The number of aromatic nitrogens is 3. The molecular formula is C20H28N4OS. The van der Waals surface area contributed by atoms with Gasteiger partial charge in [-0.3, -0.25) is 4.79 Å². The number of amides is 1. The van der Waals surface area contributed by atoms with Gasteiger partial charge in [0.25, 0.3) is 0 Å². The van der Waals surface area contributed by atoms with Gasteiger partial charge in [0.1, 0.15) is 5.82 Å². The molecule has 2 aromatic rings. The van der Waals surface area contributed by atoms with Crippen molar-refractivity contribution in [3.05, 3.63) is 34.8 Å². The summed E-state index contributed by atoms with van der Waals surface area (Å²) >= 11 is 1.63. The number of carbonyl (C=O) groups excluding carboxylic acids is 1. The van der Waals surface area contributed by atoms with E-state index >= 15 is 0 Å². The van der Waals surface area contributed by atoms with Crippen LogP contribution >= 0.6 is 11.3 Å². The van der Waals surface area contributed by atoms with Gasteiger partial charge in [0.2, 0.25) is 5.91 Å². The largest absolute Gasteiger partial charge is 0.342 e. The standard InChI is InChI=1S/C20H28N4OS/c25-20(16-6-3-1-2-4-7-16)24-10-5-8-17(12-24)19-21-9-11-23(19)13-18-14-26-15-22-18/h9,11,14-17H,1-8,10,12-13H2/t17-/m1/s1. The maximum Gasteiger partial charge on any atom is 0.225 e. The Kier molecular flexibility index (Phi) is 5.68. The first-order chi connectivity index (χ1) is 12.8. The molecule has 3 heterocycles. The fourth-order valence-electron chi connectivity index (χ4n) is 4.48. The lowest BCUT2D eigenvalue weighted by atomic mass is 9.93. The first-order valence-electron chi connectivity index (χ1n) is 9.98. The van der Waals surface area contributed by atoms with Crippen LogP contribution in [0.15, 0.2) is 23.3 Å². The SMILES string of the molecule is O=C(C1CCCCCC1)N1CCC[C@@H](c2nccn2Cc2cscn2)C1. The Morgan fingerprint density at radius 1 is 1.12 bits per heavy atom. The highest BCUT2D eigenvalue weighted by Gasteiger charge is 2.31. The highest BCUT2D eigenvalue weighted by atomic mass is 32.1. The second-order valence-corrected chi connectivity index (χ2v) is 8.42. The minimum Gasteiger partial charge on any atom is -0.342 e. The smallest absolute Gasteiger partial charge is 0.225 e. The molecule has 2 aromatic heterocycles. The summed E-state index contributed by atoms with van der Waals surface area (Å²) in [6, 6.07) is 0.